The van der Waals surface area contributed by atoms with Crippen molar-refractivity contribution in [2.45, 2.75) is 18.3 Å². The molecule has 86 valence electrons. The molecule has 0 saturated heterocycles. The standard InChI is InChI=1S/C13H9Cl2NO/c14-11-2-1-9(7-12(11)15)13(8-16)5-3-10(17)4-6-13/h1-3,5,7H,4,6H2. The summed E-state index contributed by atoms with van der Waals surface area (Å²) in [7, 11) is 0. The Morgan fingerprint density at radius 3 is 2.59 bits per heavy atom. The molecule has 1 aromatic carbocycles. The van der Waals surface area contributed by atoms with Crippen LogP contribution in [0.4, 0.5) is 0 Å². The molecule has 0 heterocycles. The van der Waals surface area contributed by atoms with Crippen molar-refractivity contribution in [2.75, 3.05) is 0 Å². The van der Waals surface area contributed by atoms with Crippen molar-refractivity contribution in [2.24, 2.45) is 0 Å². The molecule has 0 bridgehead atoms. The third-order valence-corrected chi connectivity index (χ3v) is 3.69. The maximum Gasteiger partial charge on any atom is 0.155 e. The van der Waals surface area contributed by atoms with E-state index in [9.17, 15) is 10.1 Å². The summed E-state index contributed by atoms with van der Waals surface area (Å²) >= 11 is 11.8. The van der Waals surface area contributed by atoms with Crippen LogP contribution >= 0.6 is 23.2 Å². The molecule has 0 N–H and O–H groups in total. The van der Waals surface area contributed by atoms with Gasteiger partial charge in [0.25, 0.3) is 0 Å². The second kappa shape index (κ2) is 4.52. The maximum atomic E-state index is 11.2. The van der Waals surface area contributed by atoms with Gasteiger partial charge in [-0.2, -0.15) is 5.26 Å². The van der Waals surface area contributed by atoms with Crippen molar-refractivity contribution < 1.29 is 4.79 Å². The highest BCUT2D eigenvalue weighted by Crippen LogP contribution is 2.36. The number of rotatable bonds is 1. The number of allylic oxidation sites excluding steroid dienone is 2. The maximum absolute atomic E-state index is 11.2. The van der Waals surface area contributed by atoms with E-state index in [2.05, 4.69) is 6.07 Å². The fraction of sp³-hybridized carbons (Fsp3) is 0.231. The summed E-state index contributed by atoms with van der Waals surface area (Å²) in [5, 5.41) is 10.2. The molecular formula is C13H9Cl2NO. The van der Waals surface area contributed by atoms with Crippen molar-refractivity contribution in [3.8, 4) is 6.07 Å². The third kappa shape index (κ3) is 2.22. The molecule has 4 heteroatoms. The summed E-state index contributed by atoms with van der Waals surface area (Å²) in [6.07, 6.45) is 3.98. The number of benzene rings is 1. The summed E-state index contributed by atoms with van der Waals surface area (Å²) in [5.41, 5.74) is 0.0143. The molecule has 1 unspecified atom stereocenters. The Hall–Kier alpha value is -1.30. The summed E-state index contributed by atoms with van der Waals surface area (Å²) in [4.78, 5) is 11.2. The molecule has 0 fully saturated rings. The molecule has 0 aliphatic heterocycles. The number of carbonyl (C=O) groups excluding carboxylic acids is 1. The Kier molecular flexibility index (Phi) is 3.24. The molecule has 1 aliphatic carbocycles. The van der Waals surface area contributed by atoms with Gasteiger partial charge in [-0.25, -0.2) is 0 Å². The SMILES string of the molecule is N#CC1(c2ccc(Cl)c(Cl)c2)C=CC(=O)CC1. The monoisotopic (exact) mass is 265 g/mol. The van der Waals surface area contributed by atoms with Gasteiger partial charge in [-0.1, -0.05) is 35.3 Å². The van der Waals surface area contributed by atoms with E-state index >= 15 is 0 Å². The van der Waals surface area contributed by atoms with E-state index in [1.54, 1.807) is 24.3 Å². The fourth-order valence-corrected chi connectivity index (χ4v) is 2.19. The largest absolute Gasteiger partial charge is 0.295 e. The van der Waals surface area contributed by atoms with Gasteiger partial charge in [-0.15, -0.1) is 0 Å². The van der Waals surface area contributed by atoms with E-state index in [4.69, 9.17) is 23.2 Å². The van der Waals surface area contributed by atoms with Gasteiger partial charge in [0.05, 0.1) is 16.1 Å². The minimum atomic E-state index is -0.762. The summed E-state index contributed by atoms with van der Waals surface area (Å²) in [6, 6.07) is 7.39. The molecule has 1 aromatic rings. The van der Waals surface area contributed by atoms with E-state index in [0.29, 0.717) is 22.9 Å². The Labute approximate surface area is 109 Å². The van der Waals surface area contributed by atoms with Gasteiger partial charge < -0.3 is 0 Å². The van der Waals surface area contributed by atoms with Crippen LogP contribution < -0.4 is 0 Å². The van der Waals surface area contributed by atoms with Crippen molar-refractivity contribution in [3.63, 3.8) is 0 Å². The average Bonchev–Trinajstić information content (AvgIpc) is 2.34. The number of halogens is 2. The van der Waals surface area contributed by atoms with Crippen LogP contribution in [0.1, 0.15) is 18.4 Å². The van der Waals surface area contributed by atoms with Gasteiger partial charge in [-0.05, 0) is 30.2 Å². The van der Waals surface area contributed by atoms with Gasteiger partial charge >= 0.3 is 0 Å². The van der Waals surface area contributed by atoms with Crippen LogP contribution in [-0.2, 0) is 10.2 Å². The van der Waals surface area contributed by atoms with Crippen LogP contribution in [0.2, 0.25) is 10.0 Å². The molecule has 0 spiro atoms. The zero-order valence-corrected chi connectivity index (χ0v) is 10.4. The smallest absolute Gasteiger partial charge is 0.155 e. The molecule has 2 rings (SSSR count). The first-order valence-electron chi connectivity index (χ1n) is 5.16. The van der Waals surface area contributed by atoms with Crippen molar-refractivity contribution in [3.05, 3.63) is 46.0 Å². The van der Waals surface area contributed by atoms with E-state index in [1.165, 1.54) is 6.08 Å². The van der Waals surface area contributed by atoms with Crippen molar-refractivity contribution >= 4 is 29.0 Å². The van der Waals surface area contributed by atoms with Crippen LogP contribution in [0, 0.1) is 11.3 Å². The lowest BCUT2D eigenvalue weighted by Crippen LogP contribution is -2.25. The minimum Gasteiger partial charge on any atom is -0.295 e. The predicted octanol–water partition coefficient (Wildman–Crippen LogP) is 3.67. The fourth-order valence-electron chi connectivity index (χ4n) is 1.89. The number of ketones is 1. The number of hydrogen-bond donors (Lipinski definition) is 0. The Balaban J connectivity index is 2.49. The van der Waals surface area contributed by atoms with Gasteiger partial charge in [-0.3, -0.25) is 4.79 Å². The lowest BCUT2D eigenvalue weighted by Gasteiger charge is -2.26. The zero-order chi connectivity index (χ0) is 12.5. The van der Waals surface area contributed by atoms with E-state index in [0.717, 1.165) is 5.56 Å². The summed E-state index contributed by atoms with van der Waals surface area (Å²) in [6.45, 7) is 0. The number of hydrogen-bond acceptors (Lipinski definition) is 2. The number of nitriles is 1. The van der Waals surface area contributed by atoms with Crippen LogP contribution in [0.15, 0.2) is 30.4 Å². The molecule has 1 aliphatic rings. The van der Waals surface area contributed by atoms with Gasteiger partial charge in [0.15, 0.2) is 5.78 Å². The lowest BCUT2D eigenvalue weighted by atomic mass is 9.74. The van der Waals surface area contributed by atoms with Gasteiger partial charge in [0, 0.05) is 6.42 Å². The quantitative estimate of drug-likeness (QED) is 0.778. The molecule has 17 heavy (non-hydrogen) atoms. The van der Waals surface area contributed by atoms with Gasteiger partial charge in [0.2, 0.25) is 0 Å². The first-order chi connectivity index (χ1) is 8.07. The minimum absolute atomic E-state index is 0.0518. The molecular weight excluding hydrogens is 257 g/mol. The molecule has 1 atom stereocenters. The topological polar surface area (TPSA) is 40.9 Å². The van der Waals surface area contributed by atoms with Crippen LogP contribution in [0.3, 0.4) is 0 Å². The molecule has 0 amide bonds. The van der Waals surface area contributed by atoms with Crippen molar-refractivity contribution in [1.82, 2.24) is 0 Å². The Morgan fingerprint density at radius 1 is 1.29 bits per heavy atom. The van der Waals surface area contributed by atoms with Crippen LogP contribution in [0.5, 0.6) is 0 Å². The first-order valence-corrected chi connectivity index (χ1v) is 5.92. The summed E-state index contributed by atoms with van der Waals surface area (Å²) in [5.74, 6) is 0.0518. The predicted molar refractivity (Wildman–Crippen MR) is 67.1 cm³/mol. The molecule has 2 nitrogen and oxygen atoms in total. The molecule has 0 saturated carbocycles. The number of carbonyl (C=O) groups is 1. The lowest BCUT2D eigenvalue weighted by molar-refractivity contribution is -0.115. The highest BCUT2D eigenvalue weighted by atomic mass is 35.5. The zero-order valence-electron chi connectivity index (χ0n) is 8.91. The Morgan fingerprint density at radius 2 is 2.06 bits per heavy atom. The van der Waals surface area contributed by atoms with Crippen LogP contribution in [-0.4, -0.2) is 5.78 Å². The van der Waals surface area contributed by atoms with Gasteiger partial charge in [0.1, 0.15) is 5.41 Å². The molecule has 0 aromatic heterocycles. The second-order valence-electron chi connectivity index (χ2n) is 4.01. The number of nitrogens with zero attached hydrogens (tertiary/aromatic N) is 1. The third-order valence-electron chi connectivity index (χ3n) is 2.95. The van der Waals surface area contributed by atoms with E-state index in [-0.39, 0.29) is 5.78 Å². The highest BCUT2D eigenvalue weighted by molar-refractivity contribution is 6.42. The van der Waals surface area contributed by atoms with E-state index in [1.807, 2.05) is 0 Å². The van der Waals surface area contributed by atoms with Crippen LogP contribution in [0.25, 0.3) is 0 Å². The Bertz CT molecular complexity index is 545. The second-order valence-corrected chi connectivity index (χ2v) is 4.83. The first kappa shape index (κ1) is 12.2. The normalized spacial score (nSPS) is 23.5. The highest BCUT2D eigenvalue weighted by Gasteiger charge is 2.33. The summed E-state index contributed by atoms with van der Waals surface area (Å²) < 4.78 is 0. The average molecular weight is 266 g/mol. The van der Waals surface area contributed by atoms with Crippen molar-refractivity contribution in [1.29, 1.82) is 5.26 Å². The molecule has 0 radical (unpaired) electrons. The van der Waals surface area contributed by atoms with E-state index < -0.39 is 5.41 Å².